The summed E-state index contributed by atoms with van der Waals surface area (Å²) in [7, 11) is 3.77. The normalized spacial score (nSPS) is 17.6. The molecule has 6 nitrogen and oxygen atoms in total. The second kappa shape index (κ2) is 11.3. The molecule has 0 bridgehead atoms. The van der Waals surface area contributed by atoms with Crippen LogP contribution in [0.15, 0.2) is 42.0 Å². The van der Waals surface area contributed by atoms with Crippen molar-refractivity contribution < 1.29 is 19.4 Å². The average Bonchev–Trinajstić information content (AvgIpc) is 3.05. The van der Waals surface area contributed by atoms with E-state index in [0.29, 0.717) is 40.9 Å². The molecule has 1 aliphatic rings. The minimum atomic E-state index is -0.782. The number of aliphatic hydroxyl groups is 1. The molecule has 8 heteroatoms. The molecule has 2 aromatic carbocycles. The minimum Gasteiger partial charge on any atom is -0.507 e. The lowest BCUT2D eigenvalue weighted by Crippen LogP contribution is -2.35. The third-order valence-corrected chi connectivity index (χ3v) is 6.53. The van der Waals surface area contributed by atoms with Gasteiger partial charge in [-0.3, -0.25) is 9.59 Å². The molecule has 1 fully saturated rings. The number of halogens is 2. The molecule has 0 unspecified atom stereocenters. The van der Waals surface area contributed by atoms with E-state index in [1.54, 1.807) is 36.4 Å². The third kappa shape index (κ3) is 5.57. The molecule has 1 amide bonds. The van der Waals surface area contributed by atoms with Crippen LogP contribution in [-0.4, -0.2) is 60.4 Å². The minimum absolute atomic E-state index is 0.0289. The second-order valence-electron chi connectivity index (χ2n) is 8.65. The van der Waals surface area contributed by atoms with Crippen molar-refractivity contribution in [3.8, 4) is 5.75 Å². The number of aryl methyl sites for hydroxylation is 1. The van der Waals surface area contributed by atoms with E-state index in [0.717, 1.165) is 24.2 Å². The number of Topliss-reactive ketones (excluding diaryl/α,β-unsaturated/α-hetero) is 1. The monoisotopic (exact) mass is 504 g/mol. The summed E-state index contributed by atoms with van der Waals surface area (Å²) in [5.74, 6) is -0.897. The number of benzene rings is 2. The number of likely N-dealkylation sites (N-methyl/N-ethyl adjacent to an activating group) is 1. The summed E-state index contributed by atoms with van der Waals surface area (Å²) < 4.78 is 5.80. The summed E-state index contributed by atoms with van der Waals surface area (Å²) in [6, 6.07) is 9.42. The molecule has 0 aliphatic carbocycles. The molecule has 182 valence electrons. The Morgan fingerprint density at radius 1 is 1.12 bits per heavy atom. The van der Waals surface area contributed by atoms with Crippen molar-refractivity contribution in [1.82, 2.24) is 9.80 Å². The Kier molecular flexibility index (Phi) is 8.63. The van der Waals surface area contributed by atoms with Gasteiger partial charge < -0.3 is 19.6 Å². The van der Waals surface area contributed by atoms with Gasteiger partial charge in [0.2, 0.25) is 0 Å². The summed E-state index contributed by atoms with van der Waals surface area (Å²) in [5.41, 5.74) is 1.90. The highest BCUT2D eigenvalue weighted by Crippen LogP contribution is 2.41. The molecular formula is C26H30Cl2N2O4. The highest BCUT2D eigenvalue weighted by Gasteiger charge is 2.46. The Morgan fingerprint density at radius 3 is 2.47 bits per heavy atom. The maximum atomic E-state index is 13.1. The van der Waals surface area contributed by atoms with Crippen molar-refractivity contribution in [2.45, 2.75) is 32.7 Å². The second-order valence-corrected chi connectivity index (χ2v) is 9.47. The van der Waals surface area contributed by atoms with Crippen molar-refractivity contribution in [2.24, 2.45) is 0 Å². The average molecular weight is 505 g/mol. The van der Waals surface area contributed by atoms with Crippen molar-refractivity contribution in [2.75, 3.05) is 33.8 Å². The first-order valence-electron chi connectivity index (χ1n) is 11.3. The number of likely N-dealkylation sites (tertiary alicyclic amines) is 1. The van der Waals surface area contributed by atoms with Crippen LogP contribution in [0.2, 0.25) is 10.0 Å². The number of rotatable bonds is 9. The zero-order valence-electron chi connectivity index (χ0n) is 19.9. The van der Waals surface area contributed by atoms with Crippen LogP contribution in [0, 0.1) is 6.92 Å². The predicted octanol–water partition coefficient (Wildman–Crippen LogP) is 5.46. The van der Waals surface area contributed by atoms with Gasteiger partial charge >= 0.3 is 0 Å². The van der Waals surface area contributed by atoms with Crippen LogP contribution in [-0.2, 0) is 9.59 Å². The molecule has 1 atom stereocenters. The van der Waals surface area contributed by atoms with Crippen LogP contribution >= 0.6 is 23.2 Å². The van der Waals surface area contributed by atoms with Crippen molar-refractivity contribution in [1.29, 1.82) is 0 Å². The predicted molar refractivity (Wildman–Crippen MR) is 136 cm³/mol. The number of nitrogens with zero attached hydrogens (tertiary/aromatic N) is 2. The van der Waals surface area contributed by atoms with E-state index in [4.69, 9.17) is 27.9 Å². The van der Waals surface area contributed by atoms with E-state index >= 15 is 0 Å². The molecule has 1 saturated heterocycles. The van der Waals surface area contributed by atoms with E-state index in [-0.39, 0.29) is 11.3 Å². The van der Waals surface area contributed by atoms with E-state index in [9.17, 15) is 14.7 Å². The molecule has 2 aromatic rings. The molecule has 3 rings (SSSR count). The Bertz CT molecular complexity index is 1110. The number of hydrogen-bond donors (Lipinski definition) is 1. The highest BCUT2D eigenvalue weighted by molar-refractivity contribution is 6.46. The van der Waals surface area contributed by atoms with Gasteiger partial charge in [0.15, 0.2) is 0 Å². The van der Waals surface area contributed by atoms with E-state index in [2.05, 4.69) is 6.92 Å². The summed E-state index contributed by atoms with van der Waals surface area (Å²) in [6.45, 7) is 5.44. The third-order valence-electron chi connectivity index (χ3n) is 5.79. The standard InChI is InChI=1S/C26H30Cl2N2O4/c1-5-6-13-34-21-10-8-18(14-16(21)2)24(31)22-23(17-7-9-19(27)20(28)15-17)30(12-11-29(3)4)26(33)25(22)32/h7-10,14-15,23,31H,5-6,11-13H2,1-4H3/t23-/m0/s1. The Balaban J connectivity index is 2.08. The van der Waals surface area contributed by atoms with Crippen LogP contribution in [0.4, 0.5) is 0 Å². The van der Waals surface area contributed by atoms with Crippen molar-refractivity contribution in [3.05, 3.63) is 68.7 Å². The van der Waals surface area contributed by atoms with E-state index < -0.39 is 17.7 Å². The van der Waals surface area contributed by atoms with Gasteiger partial charge in [-0.2, -0.15) is 0 Å². The fourth-order valence-electron chi connectivity index (χ4n) is 3.89. The maximum absolute atomic E-state index is 13.1. The molecule has 1 aliphatic heterocycles. The lowest BCUT2D eigenvalue weighted by molar-refractivity contribution is -0.140. The summed E-state index contributed by atoms with van der Waals surface area (Å²) in [6.07, 6.45) is 1.97. The first kappa shape index (κ1) is 26.1. The van der Waals surface area contributed by atoms with E-state index in [1.807, 2.05) is 25.9 Å². The molecule has 0 saturated carbocycles. The van der Waals surface area contributed by atoms with Gasteiger partial charge in [0.05, 0.1) is 28.3 Å². The van der Waals surface area contributed by atoms with Crippen LogP contribution in [0.5, 0.6) is 5.75 Å². The first-order valence-corrected chi connectivity index (χ1v) is 12.0. The SMILES string of the molecule is CCCCOc1ccc(C(O)=C2C(=O)C(=O)N(CCN(C)C)[C@H]2c2ccc(Cl)c(Cl)c2)cc1C. The molecule has 0 aromatic heterocycles. The van der Waals surface area contributed by atoms with Crippen LogP contribution in [0.25, 0.3) is 5.76 Å². The lowest BCUT2D eigenvalue weighted by atomic mass is 9.94. The van der Waals surface area contributed by atoms with Gasteiger partial charge in [0, 0.05) is 18.7 Å². The molecule has 34 heavy (non-hydrogen) atoms. The largest absolute Gasteiger partial charge is 0.507 e. The van der Waals surface area contributed by atoms with Crippen LogP contribution in [0.3, 0.4) is 0 Å². The quantitative estimate of drug-likeness (QED) is 0.212. The number of ether oxygens (including phenoxy) is 1. The van der Waals surface area contributed by atoms with Gasteiger partial charge in [0.1, 0.15) is 11.5 Å². The molecular weight excluding hydrogens is 475 g/mol. The summed E-state index contributed by atoms with van der Waals surface area (Å²) in [5, 5.41) is 11.9. The topological polar surface area (TPSA) is 70.1 Å². The Morgan fingerprint density at radius 2 is 1.85 bits per heavy atom. The van der Waals surface area contributed by atoms with Gasteiger partial charge in [-0.25, -0.2) is 0 Å². The number of carbonyl (C=O) groups excluding carboxylic acids is 2. The lowest BCUT2D eigenvalue weighted by Gasteiger charge is -2.26. The number of aliphatic hydroxyl groups excluding tert-OH is 1. The van der Waals surface area contributed by atoms with Gasteiger partial charge in [-0.1, -0.05) is 42.6 Å². The molecule has 0 radical (unpaired) electrons. The first-order chi connectivity index (χ1) is 16.1. The van der Waals surface area contributed by atoms with Gasteiger partial charge in [-0.05, 0) is 68.9 Å². The van der Waals surface area contributed by atoms with Crippen molar-refractivity contribution in [3.63, 3.8) is 0 Å². The highest BCUT2D eigenvalue weighted by atomic mass is 35.5. The van der Waals surface area contributed by atoms with Crippen LogP contribution < -0.4 is 4.74 Å². The smallest absolute Gasteiger partial charge is 0.295 e. The van der Waals surface area contributed by atoms with Gasteiger partial charge in [-0.15, -0.1) is 0 Å². The van der Waals surface area contributed by atoms with Crippen molar-refractivity contribution >= 4 is 40.7 Å². The zero-order valence-corrected chi connectivity index (χ0v) is 21.4. The fraction of sp³-hybridized carbons (Fsp3) is 0.385. The summed E-state index contributed by atoms with van der Waals surface area (Å²) >= 11 is 12.4. The van der Waals surface area contributed by atoms with E-state index in [1.165, 1.54) is 4.90 Å². The number of carbonyl (C=O) groups is 2. The number of unbranched alkanes of at least 4 members (excludes halogenated alkanes) is 1. The number of hydrogen-bond acceptors (Lipinski definition) is 5. The fourth-order valence-corrected chi connectivity index (χ4v) is 4.19. The van der Waals surface area contributed by atoms with Gasteiger partial charge in [0.25, 0.3) is 11.7 Å². The number of ketones is 1. The summed E-state index contributed by atoms with van der Waals surface area (Å²) in [4.78, 5) is 29.5. The molecule has 1 N–H and O–H groups in total. The Labute approximate surface area is 210 Å². The Hall–Kier alpha value is -2.54. The van der Waals surface area contributed by atoms with Crippen LogP contribution in [0.1, 0.15) is 42.5 Å². The molecule has 1 heterocycles. The zero-order chi connectivity index (χ0) is 25.0. The number of amides is 1. The molecule has 0 spiro atoms. The maximum Gasteiger partial charge on any atom is 0.295 e.